The molecule has 0 spiro atoms. The van der Waals surface area contributed by atoms with Gasteiger partial charge in [-0.2, -0.15) is 0 Å². The number of aryl methyl sites for hydroxylation is 1. The second-order valence-corrected chi connectivity index (χ2v) is 5.44. The highest BCUT2D eigenvalue weighted by Crippen LogP contribution is 2.22. The molecule has 0 atom stereocenters. The first kappa shape index (κ1) is 15.3. The second kappa shape index (κ2) is 6.58. The van der Waals surface area contributed by atoms with Crippen molar-refractivity contribution in [1.29, 1.82) is 0 Å². The lowest BCUT2D eigenvalue weighted by molar-refractivity contribution is -0.137. The van der Waals surface area contributed by atoms with E-state index in [-0.39, 0.29) is 12.5 Å². The van der Waals surface area contributed by atoms with E-state index in [2.05, 4.69) is 21.2 Å². The molecule has 2 N–H and O–H groups in total. The molecule has 0 radical (unpaired) electrons. The summed E-state index contributed by atoms with van der Waals surface area (Å²) >= 11 is 3.40. The van der Waals surface area contributed by atoms with Gasteiger partial charge in [0, 0.05) is 16.4 Å². The monoisotopic (exact) mass is 350 g/mol. The van der Waals surface area contributed by atoms with Crippen LogP contribution in [0.5, 0.6) is 0 Å². The van der Waals surface area contributed by atoms with Gasteiger partial charge < -0.3 is 15.0 Å². The molecule has 0 aliphatic heterocycles. The van der Waals surface area contributed by atoms with Crippen LogP contribution < -0.4 is 5.32 Å². The molecule has 1 amide bonds. The van der Waals surface area contributed by atoms with Crippen LogP contribution in [0.1, 0.15) is 23.0 Å². The van der Waals surface area contributed by atoms with Gasteiger partial charge in [-0.25, -0.2) is 0 Å². The molecule has 1 heterocycles. The highest BCUT2D eigenvalue weighted by atomic mass is 79.9. The molecule has 2 aromatic rings. The third-order valence-corrected chi connectivity index (χ3v) is 3.56. The molecule has 0 fully saturated rings. The first-order chi connectivity index (χ1) is 10.0. The summed E-state index contributed by atoms with van der Waals surface area (Å²) in [5, 5.41) is 11.7. The number of anilines is 1. The van der Waals surface area contributed by atoms with Crippen molar-refractivity contribution in [3.05, 3.63) is 52.3 Å². The molecule has 2 rings (SSSR count). The number of nitrogens with one attached hydrogen (secondary N) is 1. The van der Waals surface area contributed by atoms with Gasteiger partial charge in [-0.05, 0) is 42.3 Å². The van der Waals surface area contributed by atoms with E-state index in [1.54, 1.807) is 18.3 Å². The van der Waals surface area contributed by atoms with Gasteiger partial charge in [-0.15, -0.1) is 0 Å². The molecule has 0 saturated carbocycles. The Kier molecular flexibility index (Phi) is 4.80. The molecule has 1 aromatic carbocycles. The highest BCUT2D eigenvalue weighted by Gasteiger charge is 2.14. The quantitative estimate of drug-likeness (QED) is 0.869. The summed E-state index contributed by atoms with van der Waals surface area (Å²) in [6.07, 6.45) is 2.36. The number of hydrogen-bond donors (Lipinski definition) is 2. The van der Waals surface area contributed by atoms with E-state index in [0.717, 1.165) is 22.1 Å². The minimum absolute atomic E-state index is 0.239. The Morgan fingerprint density at radius 1 is 1.33 bits per heavy atom. The molecule has 6 heteroatoms. The van der Waals surface area contributed by atoms with Gasteiger partial charge in [0.25, 0.3) is 5.91 Å². The fourth-order valence-corrected chi connectivity index (χ4v) is 2.48. The van der Waals surface area contributed by atoms with Crippen molar-refractivity contribution >= 4 is 33.5 Å². The zero-order valence-electron chi connectivity index (χ0n) is 11.5. The molecular weight excluding hydrogens is 336 g/mol. The first-order valence-corrected chi connectivity index (χ1v) is 7.27. The van der Waals surface area contributed by atoms with E-state index in [4.69, 9.17) is 5.11 Å². The molecular formula is C15H15BrN2O3. The zero-order chi connectivity index (χ0) is 15.4. The second-order valence-electron chi connectivity index (χ2n) is 4.52. The number of nitrogens with zero attached hydrogens (tertiary/aromatic N) is 1. The van der Waals surface area contributed by atoms with Crippen molar-refractivity contribution in [2.24, 2.45) is 0 Å². The summed E-state index contributed by atoms with van der Waals surface area (Å²) in [4.78, 5) is 23.1. The molecule has 0 saturated heterocycles. The maximum atomic E-state index is 12.3. The van der Waals surface area contributed by atoms with E-state index in [9.17, 15) is 9.59 Å². The molecule has 0 bridgehead atoms. The number of carboxylic acids is 1. The fraction of sp³-hybridized carbons (Fsp3) is 0.200. The molecule has 21 heavy (non-hydrogen) atoms. The smallest absolute Gasteiger partial charge is 0.323 e. The van der Waals surface area contributed by atoms with Gasteiger partial charge in [0.2, 0.25) is 0 Å². The Morgan fingerprint density at radius 2 is 2.10 bits per heavy atom. The summed E-state index contributed by atoms with van der Waals surface area (Å²) in [7, 11) is 0. The molecule has 0 aliphatic carbocycles. The Morgan fingerprint density at radius 3 is 2.76 bits per heavy atom. The van der Waals surface area contributed by atoms with Crippen molar-refractivity contribution in [1.82, 2.24) is 4.57 Å². The van der Waals surface area contributed by atoms with E-state index >= 15 is 0 Å². The van der Waals surface area contributed by atoms with Crippen LogP contribution in [-0.4, -0.2) is 21.6 Å². The average molecular weight is 351 g/mol. The Labute approximate surface area is 130 Å². The number of amides is 1. The summed E-state index contributed by atoms with van der Waals surface area (Å²) in [5.74, 6) is -1.31. The third kappa shape index (κ3) is 3.72. The number of halogens is 1. The maximum Gasteiger partial charge on any atom is 0.323 e. The van der Waals surface area contributed by atoms with Gasteiger partial charge in [0.15, 0.2) is 0 Å². The number of aliphatic carboxylic acids is 1. The maximum absolute atomic E-state index is 12.3. The standard InChI is InChI=1S/C15H15BrN2O3/c1-2-10-8-11(16)5-6-12(10)17-15(21)13-4-3-7-18(13)9-14(19)20/h3-8H,2,9H2,1H3,(H,17,21)(H,19,20). The van der Waals surface area contributed by atoms with Gasteiger partial charge in [-0.3, -0.25) is 9.59 Å². The summed E-state index contributed by atoms with van der Waals surface area (Å²) in [5.41, 5.74) is 2.06. The predicted octanol–water partition coefficient (Wildman–Crippen LogP) is 3.15. The van der Waals surface area contributed by atoms with Crippen LogP contribution in [0.15, 0.2) is 41.0 Å². The van der Waals surface area contributed by atoms with Gasteiger partial charge >= 0.3 is 5.97 Å². The fourth-order valence-electron chi connectivity index (χ4n) is 2.07. The third-order valence-electron chi connectivity index (χ3n) is 3.06. The molecule has 110 valence electrons. The van der Waals surface area contributed by atoms with Crippen molar-refractivity contribution in [3.63, 3.8) is 0 Å². The lowest BCUT2D eigenvalue weighted by Gasteiger charge is -2.11. The first-order valence-electron chi connectivity index (χ1n) is 6.48. The Balaban J connectivity index is 2.22. The van der Waals surface area contributed by atoms with Crippen molar-refractivity contribution in [2.75, 3.05) is 5.32 Å². The topological polar surface area (TPSA) is 71.3 Å². The van der Waals surface area contributed by atoms with Gasteiger partial charge in [0.1, 0.15) is 12.2 Å². The van der Waals surface area contributed by atoms with E-state index in [0.29, 0.717) is 5.69 Å². The number of benzene rings is 1. The largest absolute Gasteiger partial charge is 0.480 e. The summed E-state index contributed by atoms with van der Waals surface area (Å²) < 4.78 is 2.36. The van der Waals surface area contributed by atoms with E-state index < -0.39 is 5.97 Å². The number of rotatable bonds is 5. The predicted molar refractivity (Wildman–Crippen MR) is 83.5 cm³/mol. The van der Waals surface area contributed by atoms with Crippen LogP contribution in [0.25, 0.3) is 0 Å². The van der Waals surface area contributed by atoms with E-state index in [1.165, 1.54) is 4.57 Å². The molecule has 0 unspecified atom stereocenters. The average Bonchev–Trinajstić information content (AvgIpc) is 2.88. The van der Waals surface area contributed by atoms with Gasteiger partial charge in [-0.1, -0.05) is 22.9 Å². The lowest BCUT2D eigenvalue weighted by Crippen LogP contribution is -2.20. The highest BCUT2D eigenvalue weighted by molar-refractivity contribution is 9.10. The zero-order valence-corrected chi connectivity index (χ0v) is 13.1. The van der Waals surface area contributed by atoms with Crippen LogP contribution in [0.3, 0.4) is 0 Å². The van der Waals surface area contributed by atoms with Crippen molar-refractivity contribution in [3.8, 4) is 0 Å². The SMILES string of the molecule is CCc1cc(Br)ccc1NC(=O)c1cccn1CC(=O)O. The van der Waals surface area contributed by atoms with Crippen molar-refractivity contribution in [2.45, 2.75) is 19.9 Å². The molecule has 5 nitrogen and oxygen atoms in total. The number of carbonyl (C=O) groups is 2. The molecule has 0 aliphatic rings. The van der Waals surface area contributed by atoms with Crippen LogP contribution in [0, 0.1) is 0 Å². The van der Waals surface area contributed by atoms with E-state index in [1.807, 2.05) is 25.1 Å². The number of aromatic nitrogens is 1. The number of carbonyl (C=O) groups excluding carboxylic acids is 1. The van der Waals surface area contributed by atoms with Crippen LogP contribution >= 0.6 is 15.9 Å². The Hall–Kier alpha value is -2.08. The lowest BCUT2D eigenvalue weighted by atomic mass is 10.1. The van der Waals surface area contributed by atoms with Crippen LogP contribution in [0.4, 0.5) is 5.69 Å². The number of carboxylic acid groups (broad SMARTS) is 1. The molecule has 1 aromatic heterocycles. The minimum Gasteiger partial charge on any atom is -0.480 e. The summed E-state index contributed by atoms with van der Waals surface area (Å²) in [6, 6.07) is 8.88. The van der Waals surface area contributed by atoms with Crippen LogP contribution in [0.2, 0.25) is 0 Å². The van der Waals surface area contributed by atoms with Crippen LogP contribution in [-0.2, 0) is 17.8 Å². The Bertz CT molecular complexity index is 679. The minimum atomic E-state index is -0.988. The van der Waals surface area contributed by atoms with Crippen molar-refractivity contribution < 1.29 is 14.7 Å². The summed E-state index contributed by atoms with van der Waals surface area (Å²) in [6.45, 7) is 1.77. The normalized spacial score (nSPS) is 10.4. The van der Waals surface area contributed by atoms with Gasteiger partial charge in [0.05, 0.1) is 0 Å². The number of hydrogen-bond acceptors (Lipinski definition) is 2.